The number of benzene rings is 1. The van der Waals surface area contributed by atoms with Gasteiger partial charge < -0.3 is 10.2 Å². The molecule has 6 nitrogen and oxygen atoms in total. The maximum absolute atomic E-state index is 12.2. The molecule has 27 heavy (non-hydrogen) atoms. The highest BCUT2D eigenvalue weighted by Gasteiger charge is 2.20. The van der Waals surface area contributed by atoms with Crippen LogP contribution in [0.3, 0.4) is 0 Å². The molecule has 1 aromatic rings. The molecule has 2 rings (SSSR count). The fraction of sp³-hybridized carbons (Fsp3) is 0.650. The van der Waals surface area contributed by atoms with Crippen LogP contribution < -0.4 is 14.5 Å². The summed E-state index contributed by atoms with van der Waals surface area (Å²) in [5.74, 6) is 1.00. The Balaban J connectivity index is 2.03. The van der Waals surface area contributed by atoms with Crippen molar-refractivity contribution >= 4 is 27.3 Å². The van der Waals surface area contributed by atoms with Crippen LogP contribution in [0.25, 0.3) is 0 Å². The Kier molecular flexibility index (Phi) is 7.53. The van der Waals surface area contributed by atoms with Gasteiger partial charge in [0.05, 0.1) is 11.9 Å². The van der Waals surface area contributed by atoms with Crippen LogP contribution in [-0.4, -0.2) is 46.8 Å². The molecular weight excluding hydrogens is 362 g/mol. The molecule has 1 N–H and O–H groups in total. The molecule has 1 heterocycles. The highest BCUT2D eigenvalue weighted by atomic mass is 32.2. The number of sulfonamides is 1. The standard InChI is InChI=1S/C20H33N3O3S/c1-16(2)15-21-20(24)11-14-23(27(4,25)26)19-7-5-18(6-8-19)22-12-9-17(3)10-13-22/h5-8,16-17H,9-15H2,1-4H3,(H,21,24). The van der Waals surface area contributed by atoms with Gasteiger partial charge in [0.15, 0.2) is 0 Å². The van der Waals surface area contributed by atoms with E-state index in [-0.39, 0.29) is 18.9 Å². The van der Waals surface area contributed by atoms with Gasteiger partial charge in [-0.2, -0.15) is 0 Å². The highest BCUT2D eigenvalue weighted by molar-refractivity contribution is 7.92. The van der Waals surface area contributed by atoms with Gasteiger partial charge in [-0.05, 0) is 48.9 Å². The number of carbonyl (C=O) groups is 1. The van der Waals surface area contributed by atoms with Crippen molar-refractivity contribution in [2.45, 2.75) is 40.0 Å². The van der Waals surface area contributed by atoms with E-state index in [1.165, 1.54) is 23.4 Å². The number of carbonyl (C=O) groups excluding carboxylic acids is 1. The summed E-state index contributed by atoms with van der Waals surface area (Å²) in [4.78, 5) is 14.3. The Labute approximate surface area is 164 Å². The molecule has 0 aromatic heterocycles. The zero-order valence-electron chi connectivity index (χ0n) is 16.9. The number of nitrogens with zero attached hydrogens (tertiary/aromatic N) is 2. The van der Waals surface area contributed by atoms with E-state index in [0.29, 0.717) is 18.2 Å². The van der Waals surface area contributed by atoms with E-state index in [0.717, 1.165) is 24.7 Å². The van der Waals surface area contributed by atoms with Crippen LogP contribution >= 0.6 is 0 Å². The molecule has 0 bridgehead atoms. The van der Waals surface area contributed by atoms with E-state index < -0.39 is 10.0 Å². The number of nitrogens with one attached hydrogen (secondary N) is 1. The lowest BCUT2D eigenvalue weighted by atomic mass is 9.99. The van der Waals surface area contributed by atoms with Crippen LogP contribution in [0.4, 0.5) is 11.4 Å². The third-order valence-corrected chi connectivity index (χ3v) is 6.13. The summed E-state index contributed by atoms with van der Waals surface area (Å²) in [5, 5.41) is 2.83. The minimum absolute atomic E-state index is 0.128. The molecule has 0 spiro atoms. The smallest absolute Gasteiger partial charge is 0.232 e. The van der Waals surface area contributed by atoms with Gasteiger partial charge in [0.2, 0.25) is 15.9 Å². The van der Waals surface area contributed by atoms with Gasteiger partial charge in [-0.15, -0.1) is 0 Å². The second-order valence-corrected chi connectivity index (χ2v) is 9.88. The number of hydrogen-bond donors (Lipinski definition) is 1. The van der Waals surface area contributed by atoms with Crippen LogP contribution in [0, 0.1) is 11.8 Å². The molecular formula is C20H33N3O3S. The van der Waals surface area contributed by atoms with Gasteiger partial charge >= 0.3 is 0 Å². The van der Waals surface area contributed by atoms with Crippen molar-refractivity contribution < 1.29 is 13.2 Å². The zero-order chi connectivity index (χ0) is 20.0. The van der Waals surface area contributed by atoms with Gasteiger partial charge in [0, 0.05) is 38.3 Å². The lowest BCUT2D eigenvalue weighted by Crippen LogP contribution is -2.35. The third-order valence-electron chi connectivity index (χ3n) is 4.94. The third kappa shape index (κ3) is 6.72. The Bertz CT molecular complexity index is 708. The Morgan fingerprint density at radius 3 is 2.33 bits per heavy atom. The van der Waals surface area contributed by atoms with Crippen molar-refractivity contribution in [1.82, 2.24) is 5.32 Å². The molecule has 0 aliphatic carbocycles. The average molecular weight is 396 g/mol. The van der Waals surface area contributed by atoms with E-state index in [9.17, 15) is 13.2 Å². The second kappa shape index (κ2) is 9.44. The number of amides is 1. The number of rotatable bonds is 8. The molecule has 0 unspecified atom stereocenters. The summed E-state index contributed by atoms with van der Waals surface area (Å²) in [5.41, 5.74) is 1.72. The van der Waals surface area contributed by atoms with Crippen molar-refractivity contribution in [2.24, 2.45) is 11.8 Å². The van der Waals surface area contributed by atoms with Crippen LogP contribution in [0.2, 0.25) is 0 Å². The maximum Gasteiger partial charge on any atom is 0.232 e. The van der Waals surface area contributed by atoms with E-state index in [4.69, 9.17) is 0 Å². The molecule has 7 heteroatoms. The van der Waals surface area contributed by atoms with Gasteiger partial charge in [0.25, 0.3) is 0 Å². The van der Waals surface area contributed by atoms with Crippen LogP contribution in [0.1, 0.15) is 40.0 Å². The van der Waals surface area contributed by atoms with Crippen molar-refractivity contribution in [2.75, 3.05) is 41.6 Å². The summed E-state index contributed by atoms with van der Waals surface area (Å²) in [7, 11) is -3.45. The number of anilines is 2. The van der Waals surface area contributed by atoms with Crippen LogP contribution in [0.15, 0.2) is 24.3 Å². The van der Waals surface area contributed by atoms with Gasteiger partial charge in [-0.25, -0.2) is 8.42 Å². The fourth-order valence-electron chi connectivity index (χ4n) is 3.19. The predicted octanol–water partition coefficient (Wildman–Crippen LogP) is 2.85. The SMILES string of the molecule is CC(C)CNC(=O)CCN(c1ccc(N2CCC(C)CC2)cc1)S(C)(=O)=O. The minimum atomic E-state index is -3.45. The Hall–Kier alpha value is -1.76. The first-order chi connectivity index (χ1) is 12.7. The molecule has 1 fully saturated rings. The van der Waals surface area contributed by atoms with Crippen molar-refractivity contribution in [3.05, 3.63) is 24.3 Å². The van der Waals surface area contributed by atoms with Gasteiger partial charge in [-0.1, -0.05) is 20.8 Å². The normalized spacial score (nSPS) is 15.8. The van der Waals surface area contributed by atoms with Crippen molar-refractivity contribution in [1.29, 1.82) is 0 Å². The largest absolute Gasteiger partial charge is 0.372 e. The monoisotopic (exact) mass is 395 g/mol. The molecule has 1 saturated heterocycles. The van der Waals surface area contributed by atoms with E-state index in [1.807, 2.05) is 38.1 Å². The molecule has 1 aromatic carbocycles. The zero-order valence-corrected chi connectivity index (χ0v) is 17.8. The van der Waals surface area contributed by atoms with Gasteiger partial charge in [-0.3, -0.25) is 9.10 Å². The van der Waals surface area contributed by atoms with Crippen molar-refractivity contribution in [3.63, 3.8) is 0 Å². The van der Waals surface area contributed by atoms with Crippen molar-refractivity contribution in [3.8, 4) is 0 Å². The minimum Gasteiger partial charge on any atom is -0.372 e. The van der Waals surface area contributed by atoms with Crippen LogP contribution in [0.5, 0.6) is 0 Å². The van der Waals surface area contributed by atoms with Gasteiger partial charge in [0.1, 0.15) is 0 Å². The molecule has 0 saturated carbocycles. The number of piperidine rings is 1. The van der Waals surface area contributed by atoms with E-state index >= 15 is 0 Å². The molecule has 152 valence electrons. The molecule has 1 aliphatic heterocycles. The molecule has 1 amide bonds. The van der Waals surface area contributed by atoms with Crippen LogP contribution in [-0.2, 0) is 14.8 Å². The lowest BCUT2D eigenvalue weighted by Gasteiger charge is -2.32. The average Bonchev–Trinajstić information content (AvgIpc) is 2.60. The first-order valence-corrected chi connectivity index (χ1v) is 11.6. The first-order valence-electron chi connectivity index (χ1n) is 9.76. The maximum atomic E-state index is 12.2. The van der Waals surface area contributed by atoms with E-state index in [1.54, 1.807) is 0 Å². The summed E-state index contributed by atoms with van der Waals surface area (Å²) in [6.07, 6.45) is 3.69. The Morgan fingerprint density at radius 1 is 1.22 bits per heavy atom. The summed E-state index contributed by atoms with van der Waals surface area (Å²) < 4.78 is 25.7. The molecule has 0 radical (unpaired) electrons. The Morgan fingerprint density at radius 2 is 1.81 bits per heavy atom. The predicted molar refractivity (Wildman–Crippen MR) is 112 cm³/mol. The molecule has 1 aliphatic rings. The quantitative estimate of drug-likeness (QED) is 0.735. The summed E-state index contributed by atoms with van der Waals surface area (Å²) in [6, 6.07) is 7.62. The van der Waals surface area contributed by atoms with E-state index in [2.05, 4.69) is 17.1 Å². The summed E-state index contributed by atoms with van der Waals surface area (Å²) >= 11 is 0. The first kappa shape index (κ1) is 21.5. The second-order valence-electron chi connectivity index (χ2n) is 7.97. The topological polar surface area (TPSA) is 69.7 Å². The molecule has 0 atom stereocenters. The fourth-order valence-corrected chi connectivity index (χ4v) is 4.12. The lowest BCUT2D eigenvalue weighted by molar-refractivity contribution is -0.121. The summed E-state index contributed by atoms with van der Waals surface area (Å²) in [6.45, 7) is 9.13. The number of hydrogen-bond acceptors (Lipinski definition) is 4. The highest BCUT2D eigenvalue weighted by Crippen LogP contribution is 2.26.